The number of hydrogen-bond donors (Lipinski definition) is 1. The van der Waals surface area contributed by atoms with E-state index in [4.69, 9.17) is 42.6 Å². The molecule has 2 saturated heterocycles. The van der Waals surface area contributed by atoms with Gasteiger partial charge in [0.1, 0.15) is 48.8 Å². The van der Waals surface area contributed by atoms with Gasteiger partial charge < -0.3 is 47.7 Å². The number of aliphatic hydroxyl groups is 1. The molecule has 2 rings (SSSR count). The fourth-order valence-electron chi connectivity index (χ4n) is 4.88. The van der Waals surface area contributed by atoms with Crippen molar-refractivity contribution in [2.75, 3.05) is 19.8 Å². The highest BCUT2D eigenvalue weighted by atomic mass is 16.7. The van der Waals surface area contributed by atoms with E-state index < -0.39 is 49.0 Å². The molecular formula is C30H58O10. The maximum Gasteiger partial charge on any atom is 0.187 e. The third kappa shape index (κ3) is 11.4. The van der Waals surface area contributed by atoms with Crippen LogP contribution >= 0.6 is 0 Å². The van der Waals surface area contributed by atoms with Gasteiger partial charge in [-0.25, -0.2) is 0 Å². The Balaban J connectivity index is 2.48. The third-order valence-corrected chi connectivity index (χ3v) is 6.36. The number of aliphatic hydroxyl groups excluding tert-OH is 1. The van der Waals surface area contributed by atoms with Gasteiger partial charge in [0.15, 0.2) is 6.29 Å². The van der Waals surface area contributed by atoms with Crippen LogP contribution in [0.4, 0.5) is 0 Å². The van der Waals surface area contributed by atoms with Crippen LogP contribution < -0.4 is 0 Å². The molecule has 40 heavy (non-hydrogen) atoms. The molecule has 1 N–H and O–H groups in total. The zero-order chi connectivity index (χ0) is 30.1. The van der Waals surface area contributed by atoms with Crippen molar-refractivity contribution >= 4 is 0 Å². The third-order valence-electron chi connectivity index (χ3n) is 6.36. The summed E-state index contributed by atoms with van der Waals surface area (Å²) in [5, 5.41) is 11.4. The van der Waals surface area contributed by atoms with Crippen LogP contribution in [0.25, 0.3) is 0 Å². The van der Waals surface area contributed by atoms with Crippen molar-refractivity contribution in [1.82, 2.24) is 0 Å². The van der Waals surface area contributed by atoms with Gasteiger partial charge in [-0.05, 0) is 83.1 Å². The van der Waals surface area contributed by atoms with Crippen LogP contribution in [0.1, 0.15) is 83.1 Å². The Morgan fingerprint density at radius 1 is 0.575 bits per heavy atom. The minimum atomic E-state index is -0.979. The Morgan fingerprint density at radius 3 is 1.55 bits per heavy atom. The van der Waals surface area contributed by atoms with E-state index >= 15 is 0 Å². The molecule has 0 aromatic heterocycles. The van der Waals surface area contributed by atoms with E-state index in [1.807, 2.05) is 83.1 Å². The molecule has 10 nitrogen and oxygen atoms in total. The molecule has 2 fully saturated rings. The lowest BCUT2D eigenvalue weighted by Gasteiger charge is -2.49. The summed E-state index contributed by atoms with van der Waals surface area (Å²) in [6.45, 7) is 24.4. The van der Waals surface area contributed by atoms with Gasteiger partial charge in [-0.3, -0.25) is 0 Å². The quantitative estimate of drug-likeness (QED) is 0.290. The lowest BCUT2D eigenvalue weighted by Crippen LogP contribution is -2.65. The first kappa shape index (κ1) is 35.8. The molecule has 0 saturated carbocycles. The van der Waals surface area contributed by atoms with Gasteiger partial charge in [-0.15, -0.1) is 0 Å². The van der Waals surface area contributed by atoms with E-state index in [0.717, 1.165) is 0 Å². The Kier molecular flexibility index (Phi) is 15.2. The van der Waals surface area contributed by atoms with Crippen LogP contribution in [0.3, 0.4) is 0 Å². The van der Waals surface area contributed by atoms with E-state index in [1.165, 1.54) is 0 Å². The van der Waals surface area contributed by atoms with Crippen molar-refractivity contribution in [3.8, 4) is 0 Å². The molecule has 0 unspecified atom stereocenters. The van der Waals surface area contributed by atoms with Crippen LogP contribution in [-0.2, 0) is 42.6 Å². The van der Waals surface area contributed by atoms with E-state index in [1.54, 1.807) is 0 Å². The van der Waals surface area contributed by atoms with Gasteiger partial charge >= 0.3 is 0 Å². The van der Waals surface area contributed by atoms with E-state index in [9.17, 15) is 5.11 Å². The van der Waals surface area contributed by atoms with E-state index in [2.05, 4.69) is 0 Å². The zero-order valence-electron chi connectivity index (χ0n) is 26.9. The molecule has 0 aromatic carbocycles. The topological polar surface area (TPSA) is 103 Å². The molecule has 9 atom stereocenters. The SMILES string of the molecule is CC(C)OC[C@H]1O[C@@H](O[C@H]2[C@H](OC(C)C)[C@@H](OC(C)C)CO[C@@H]2COC(C)C)[C@H](OC(C)C)[C@@H](OC(C)C)[C@@H]1O. The summed E-state index contributed by atoms with van der Waals surface area (Å²) in [5.41, 5.74) is 0. The molecule has 2 aliphatic heterocycles. The molecule has 2 heterocycles. The lowest BCUT2D eigenvalue weighted by atomic mass is 9.96. The average Bonchev–Trinajstić information content (AvgIpc) is 2.82. The Hall–Kier alpha value is -0.400. The van der Waals surface area contributed by atoms with Crippen molar-refractivity contribution in [1.29, 1.82) is 0 Å². The summed E-state index contributed by atoms with van der Waals surface area (Å²) < 4.78 is 56.6. The van der Waals surface area contributed by atoms with Crippen molar-refractivity contribution in [2.45, 2.75) is 175 Å². The van der Waals surface area contributed by atoms with Gasteiger partial charge in [0.25, 0.3) is 0 Å². The normalized spacial score (nSPS) is 33.8. The standard InChI is InChI=1S/C30H58O10/c1-16(2)32-13-22-25(31)28(37-20(9)10)29(38-21(11)12)30(39-22)40-26-23(14-33-17(3)4)34-15-24(35-18(5)6)27(26)36-19(7)8/h16-31H,13-15H2,1-12H3/t22-,23-,24+,25-,26-,27-,28+,29-,30+/m1/s1. The molecule has 2 aliphatic rings. The number of rotatable bonds is 16. The summed E-state index contributed by atoms with van der Waals surface area (Å²) in [6, 6.07) is 0. The Morgan fingerprint density at radius 2 is 1.05 bits per heavy atom. The first-order valence-corrected chi connectivity index (χ1v) is 15.1. The predicted molar refractivity (Wildman–Crippen MR) is 151 cm³/mol. The van der Waals surface area contributed by atoms with Crippen LogP contribution in [0.15, 0.2) is 0 Å². The van der Waals surface area contributed by atoms with Gasteiger partial charge in [0, 0.05) is 0 Å². The largest absolute Gasteiger partial charge is 0.387 e. The minimum Gasteiger partial charge on any atom is -0.387 e. The highest BCUT2D eigenvalue weighted by Crippen LogP contribution is 2.33. The second-order valence-corrected chi connectivity index (χ2v) is 12.4. The fraction of sp³-hybridized carbons (Fsp3) is 1.00. The minimum absolute atomic E-state index is 0.0119. The predicted octanol–water partition coefficient (Wildman–Crippen LogP) is 3.88. The second-order valence-electron chi connectivity index (χ2n) is 12.4. The van der Waals surface area contributed by atoms with Crippen LogP contribution in [0.5, 0.6) is 0 Å². The van der Waals surface area contributed by atoms with Gasteiger partial charge in [-0.1, -0.05) is 0 Å². The number of ether oxygens (including phenoxy) is 9. The van der Waals surface area contributed by atoms with Gasteiger partial charge in [0.05, 0.1) is 56.4 Å². The molecule has 0 amide bonds. The van der Waals surface area contributed by atoms with Crippen molar-refractivity contribution in [3.05, 3.63) is 0 Å². The summed E-state index contributed by atoms with van der Waals surface area (Å²) in [6.07, 6.45) is -6.32. The molecule has 238 valence electrons. The maximum atomic E-state index is 11.4. The second kappa shape index (κ2) is 17.0. The van der Waals surface area contributed by atoms with Gasteiger partial charge in [0.2, 0.25) is 0 Å². The summed E-state index contributed by atoms with van der Waals surface area (Å²) >= 11 is 0. The van der Waals surface area contributed by atoms with Crippen molar-refractivity contribution in [3.63, 3.8) is 0 Å². The monoisotopic (exact) mass is 578 g/mol. The van der Waals surface area contributed by atoms with Crippen LogP contribution in [0.2, 0.25) is 0 Å². The Labute approximate surface area is 242 Å². The maximum absolute atomic E-state index is 11.4. The number of hydrogen-bond acceptors (Lipinski definition) is 10. The smallest absolute Gasteiger partial charge is 0.187 e. The summed E-state index contributed by atoms with van der Waals surface area (Å²) in [5.74, 6) is 0. The van der Waals surface area contributed by atoms with E-state index in [-0.39, 0.29) is 49.3 Å². The first-order valence-electron chi connectivity index (χ1n) is 15.1. The first-order chi connectivity index (χ1) is 18.7. The molecule has 0 bridgehead atoms. The van der Waals surface area contributed by atoms with Crippen LogP contribution in [0, 0.1) is 0 Å². The van der Waals surface area contributed by atoms with Crippen molar-refractivity contribution in [2.24, 2.45) is 0 Å². The lowest BCUT2D eigenvalue weighted by molar-refractivity contribution is -0.358. The highest BCUT2D eigenvalue weighted by Gasteiger charge is 2.52. The average molecular weight is 579 g/mol. The molecule has 0 spiro atoms. The summed E-state index contributed by atoms with van der Waals surface area (Å²) in [7, 11) is 0. The molecule has 0 radical (unpaired) electrons. The molecule has 0 aliphatic carbocycles. The zero-order valence-corrected chi connectivity index (χ0v) is 26.9. The molecule has 0 aromatic rings. The Bertz CT molecular complexity index is 685. The highest BCUT2D eigenvalue weighted by molar-refractivity contribution is 4.96. The van der Waals surface area contributed by atoms with Crippen LogP contribution in [-0.4, -0.2) is 117 Å². The summed E-state index contributed by atoms with van der Waals surface area (Å²) in [4.78, 5) is 0. The fourth-order valence-corrected chi connectivity index (χ4v) is 4.88. The molecule has 10 heteroatoms. The molecular weight excluding hydrogens is 520 g/mol. The van der Waals surface area contributed by atoms with Crippen molar-refractivity contribution < 1.29 is 47.7 Å². The van der Waals surface area contributed by atoms with Gasteiger partial charge in [-0.2, -0.15) is 0 Å². The van der Waals surface area contributed by atoms with E-state index in [0.29, 0.717) is 13.2 Å².